The smallest absolute Gasteiger partial charge is 0.241 e. The van der Waals surface area contributed by atoms with Gasteiger partial charge in [-0.05, 0) is 36.9 Å². The minimum Gasteiger partial charge on any atom is -0.399 e. The normalized spacial score (nSPS) is 22.7. The van der Waals surface area contributed by atoms with Crippen molar-refractivity contribution in [2.45, 2.75) is 23.8 Å². The van der Waals surface area contributed by atoms with Gasteiger partial charge < -0.3 is 10.5 Å². The number of fused-ring (bicyclic) bond motifs is 1. The minimum absolute atomic E-state index is 0.271. The molecule has 5 nitrogen and oxygen atoms in total. The summed E-state index contributed by atoms with van der Waals surface area (Å²) in [6.45, 7) is 2.83. The maximum absolute atomic E-state index is 12.7. The first kappa shape index (κ1) is 14.3. The molecule has 2 aromatic carbocycles. The Labute approximate surface area is 124 Å². The second-order valence-corrected chi connectivity index (χ2v) is 7.36. The molecule has 1 saturated heterocycles. The van der Waals surface area contributed by atoms with Crippen molar-refractivity contribution < 1.29 is 13.2 Å². The van der Waals surface area contributed by atoms with Gasteiger partial charge in [-0.15, -0.1) is 0 Å². The molecule has 3 N–H and O–H groups in total. The van der Waals surface area contributed by atoms with Crippen LogP contribution in [-0.2, 0) is 14.8 Å². The Morgan fingerprint density at radius 2 is 2.10 bits per heavy atom. The number of ether oxygens (including phenoxy) is 1. The molecule has 0 aliphatic carbocycles. The topological polar surface area (TPSA) is 81.4 Å². The van der Waals surface area contributed by atoms with Gasteiger partial charge in [0.15, 0.2) is 0 Å². The van der Waals surface area contributed by atoms with Crippen molar-refractivity contribution in [1.29, 1.82) is 0 Å². The van der Waals surface area contributed by atoms with Crippen LogP contribution in [0.4, 0.5) is 5.69 Å². The van der Waals surface area contributed by atoms with Crippen LogP contribution < -0.4 is 10.5 Å². The highest BCUT2D eigenvalue weighted by Crippen LogP contribution is 2.27. The molecule has 3 rings (SSSR count). The van der Waals surface area contributed by atoms with Gasteiger partial charge >= 0.3 is 0 Å². The molecule has 2 aromatic rings. The van der Waals surface area contributed by atoms with Gasteiger partial charge in [-0.3, -0.25) is 0 Å². The SMILES string of the molecule is CC1(NS(=O)(=O)c2cccc3cc(N)ccc23)CCOC1. The summed E-state index contributed by atoms with van der Waals surface area (Å²) in [5.74, 6) is 0. The summed E-state index contributed by atoms with van der Waals surface area (Å²) in [5.41, 5.74) is 5.82. The summed E-state index contributed by atoms with van der Waals surface area (Å²) in [6.07, 6.45) is 0.671. The van der Waals surface area contributed by atoms with Crippen LogP contribution in [-0.4, -0.2) is 27.2 Å². The number of nitrogen functional groups attached to an aromatic ring is 1. The number of nitrogens with two attached hydrogens (primary N) is 1. The number of sulfonamides is 1. The van der Waals surface area contributed by atoms with E-state index in [1.807, 2.05) is 13.0 Å². The standard InChI is InChI=1S/C15H18N2O3S/c1-15(7-8-20-10-15)17-21(18,19)14-4-2-3-11-9-12(16)5-6-13(11)14/h2-6,9,17H,7-8,10,16H2,1H3. The largest absolute Gasteiger partial charge is 0.399 e. The Kier molecular flexibility index (Phi) is 3.39. The molecule has 0 bridgehead atoms. The van der Waals surface area contributed by atoms with Gasteiger partial charge in [-0.1, -0.05) is 18.2 Å². The fourth-order valence-corrected chi connectivity index (χ4v) is 4.29. The van der Waals surface area contributed by atoms with E-state index in [2.05, 4.69) is 4.72 Å². The maximum atomic E-state index is 12.7. The minimum atomic E-state index is -3.61. The second-order valence-electron chi connectivity index (χ2n) is 5.71. The van der Waals surface area contributed by atoms with E-state index in [4.69, 9.17) is 10.5 Å². The summed E-state index contributed by atoms with van der Waals surface area (Å²) in [6, 6.07) is 10.4. The van der Waals surface area contributed by atoms with E-state index in [1.54, 1.807) is 30.3 Å². The summed E-state index contributed by atoms with van der Waals surface area (Å²) >= 11 is 0. The fourth-order valence-electron chi connectivity index (χ4n) is 2.63. The monoisotopic (exact) mass is 306 g/mol. The van der Waals surface area contributed by atoms with Crippen LogP contribution in [0.25, 0.3) is 10.8 Å². The lowest BCUT2D eigenvalue weighted by atomic mass is 10.0. The third kappa shape index (κ3) is 2.74. The van der Waals surface area contributed by atoms with Crippen molar-refractivity contribution in [2.75, 3.05) is 18.9 Å². The van der Waals surface area contributed by atoms with Gasteiger partial charge in [0.1, 0.15) is 0 Å². The van der Waals surface area contributed by atoms with Gasteiger partial charge in [-0.2, -0.15) is 0 Å². The zero-order valence-corrected chi connectivity index (χ0v) is 12.6. The molecule has 0 amide bonds. The lowest BCUT2D eigenvalue weighted by molar-refractivity contribution is 0.178. The Hall–Kier alpha value is -1.63. The predicted octanol–water partition coefficient (Wildman–Crippen LogP) is 1.88. The van der Waals surface area contributed by atoms with Crippen molar-refractivity contribution >= 4 is 26.5 Å². The summed E-state index contributed by atoms with van der Waals surface area (Å²) in [5, 5.41) is 1.48. The van der Waals surface area contributed by atoms with Crippen LogP contribution in [0.1, 0.15) is 13.3 Å². The number of hydrogen-bond donors (Lipinski definition) is 2. The molecule has 1 aliphatic heterocycles. The van der Waals surface area contributed by atoms with E-state index in [9.17, 15) is 8.42 Å². The van der Waals surface area contributed by atoms with Crippen molar-refractivity contribution in [2.24, 2.45) is 0 Å². The van der Waals surface area contributed by atoms with Crippen molar-refractivity contribution in [1.82, 2.24) is 4.72 Å². The molecule has 0 aromatic heterocycles. The molecule has 112 valence electrons. The molecule has 0 spiro atoms. The van der Waals surface area contributed by atoms with Gasteiger partial charge in [0, 0.05) is 17.7 Å². The van der Waals surface area contributed by atoms with E-state index in [1.165, 1.54) is 0 Å². The van der Waals surface area contributed by atoms with Gasteiger partial charge in [0.05, 0.1) is 17.0 Å². The number of nitrogens with one attached hydrogen (secondary N) is 1. The number of benzene rings is 2. The zero-order chi connectivity index (χ0) is 15.1. The van der Waals surface area contributed by atoms with E-state index < -0.39 is 15.6 Å². The van der Waals surface area contributed by atoms with Crippen LogP contribution in [0.15, 0.2) is 41.3 Å². The highest BCUT2D eigenvalue weighted by Gasteiger charge is 2.35. The number of anilines is 1. The molecule has 1 aliphatic rings. The summed E-state index contributed by atoms with van der Waals surface area (Å²) in [4.78, 5) is 0.271. The Morgan fingerprint density at radius 3 is 2.81 bits per heavy atom. The van der Waals surface area contributed by atoms with Crippen LogP contribution in [0, 0.1) is 0 Å². The van der Waals surface area contributed by atoms with E-state index >= 15 is 0 Å². The van der Waals surface area contributed by atoms with Gasteiger partial charge in [0.25, 0.3) is 0 Å². The van der Waals surface area contributed by atoms with Crippen LogP contribution in [0.2, 0.25) is 0 Å². The molecule has 6 heteroatoms. The molecular weight excluding hydrogens is 288 g/mol. The van der Waals surface area contributed by atoms with E-state index in [0.717, 1.165) is 5.39 Å². The molecule has 0 radical (unpaired) electrons. The summed E-state index contributed by atoms with van der Waals surface area (Å²) < 4.78 is 33.5. The third-order valence-corrected chi connectivity index (χ3v) is 5.45. The Bertz CT molecular complexity index is 781. The first-order valence-corrected chi connectivity index (χ1v) is 8.28. The Balaban J connectivity index is 2.06. The van der Waals surface area contributed by atoms with Gasteiger partial charge in [0.2, 0.25) is 10.0 Å². The lowest BCUT2D eigenvalue weighted by Crippen LogP contribution is -2.46. The number of rotatable bonds is 3. The van der Waals surface area contributed by atoms with Crippen molar-refractivity contribution in [3.8, 4) is 0 Å². The average molecular weight is 306 g/mol. The van der Waals surface area contributed by atoms with Gasteiger partial charge in [-0.25, -0.2) is 13.1 Å². The van der Waals surface area contributed by atoms with E-state index in [-0.39, 0.29) is 4.90 Å². The predicted molar refractivity (Wildman–Crippen MR) is 82.5 cm³/mol. The van der Waals surface area contributed by atoms with Crippen molar-refractivity contribution in [3.05, 3.63) is 36.4 Å². The molecule has 1 unspecified atom stereocenters. The first-order valence-electron chi connectivity index (χ1n) is 6.80. The highest BCUT2D eigenvalue weighted by molar-refractivity contribution is 7.89. The second kappa shape index (κ2) is 4.98. The zero-order valence-electron chi connectivity index (χ0n) is 11.8. The van der Waals surface area contributed by atoms with Crippen LogP contribution >= 0.6 is 0 Å². The van der Waals surface area contributed by atoms with Crippen molar-refractivity contribution in [3.63, 3.8) is 0 Å². The molecule has 1 fully saturated rings. The number of hydrogen-bond acceptors (Lipinski definition) is 4. The fraction of sp³-hybridized carbons (Fsp3) is 0.333. The van der Waals surface area contributed by atoms with E-state index in [0.29, 0.717) is 30.7 Å². The molecular formula is C15H18N2O3S. The third-order valence-electron chi connectivity index (χ3n) is 3.75. The van der Waals surface area contributed by atoms with Crippen LogP contribution in [0.5, 0.6) is 0 Å². The summed E-state index contributed by atoms with van der Waals surface area (Å²) in [7, 11) is -3.61. The highest BCUT2D eigenvalue weighted by atomic mass is 32.2. The lowest BCUT2D eigenvalue weighted by Gasteiger charge is -2.23. The molecule has 0 saturated carbocycles. The van der Waals surface area contributed by atoms with Crippen LogP contribution in [0.3, 0.4) is 0 Å². The molecule has 1 atom stereocenters. The first-order chi connectivity index (χ1) is 9.90. The molecule has 1 heterocycles. The average Bonchev–Trinajstić information content (AvgIpc) is 2.83. The molecule has 21 heavy (non-hydrogen) atoms. The Morgan fingerprint density at radius 1 is 1.29 bits per heavy atom. The quantitative estimate of drug-likeness (QED) is 0.848. The maximum Gasteiger partial charge on any atom is 0.241 e.